The van der Waals surface area contributed by atoms with E-state index in [1.807, 2.05) is 0 Å². The minimum Gasteiger partial charge on any atom is -0.293 e. The van der Waals surface area contributed by atoms with Crippen LogP contribution in [0.1, 0.15) is 6.92 Å². The fraction of sp³-hybridized carbons (Fsp3) is 0.250. The van der Waals surface area contributed by atoms with Gasteiger partial charge in [0.2, 0.25) is 11.9 Å². The van der Waals surface area contributed by atoms with Crippen LogP contribution in [0.3, 0.4) is 0 Å². The molecule has 1 amide bonds. The molecule has 0 atom stereocenters. The Morgan fingerprint density at radius 1 is 1.62 bits per heavy atom. The van der Waals surface area contributed by atoms with E-state index in [9.17, 15) is 13.2 Å². The Kier molecular flexibility index (Phi) is 2.30. The molecule has 1 aromatic heterocycles. The Bertz CT molecular complexity index is 421. The van der Waals surface area contributed by atoms with Crippen LogP contribution in [0, 0.1) is 0 Å². The van der Waals surface area contributed by atoms with Gasteiger partial charge in [-0.25, -0.2) is 18.7 Å². The highest BCUT2D eigenvalue weighted by Crippen LogP contribution is 2.01. The van der Waals surface area contributed by atoms with Gasteiger partial charge >= 0.3 is 0 Å². The summed E-state index contributed by atoms with van der Waals surface area (Å²) in [6, 6.07) is 0. The first-order chi connectivity index (χ1) is 5.89. The number of hydrogen-bond donors (Lipinski definition) is 3. The Balaban J connectivity index is 2.94. The molecule has 0 aliphatic rings. The Morgan fingerprint density at radius 2 is 2.23 bits per heavy atom. The fourth-order valence-corrected chi connectivity index (χ4v) is 0.974. The Labute approximate surface area is 73.6 Å². The molecule has 0 aliphatic carbocycles. The van der Waals surface area contributed by atoms with Gasteiger partial charge in [0, 0.05) is 6.92 Å². The molecular formula is C4H7N5O3S. The van der Waals surface area contributed by atoms with E-state index in [1.165, 1.54) is 6.92 Å². The van der Waals surface area contributed by atoms with Crippen molar-refractivity contribution in [3.8, 4) is 0 Å². The van der Waals surface area contributed by atoms with Crippen LogP contribution in [-0.4, -0.2) is 29.5 Å². The number of anilines is 1. The smallest absolute Gasteiger partial charge is 0.273 e. The van der Waals surface area contributed by atoms with Crippen molar-refractivity contribution in [3.63, 3.8) is 0 Å². The van der Waals surface area contributed by atoms with E-state index in [1.54, 1.807) is 0 Å². The second-order valence-corrected chi connectivity index (χ2v) is 3.67. The molecule has 9 heteroatoms. The average Bonchev–Trinajstić information content (AvgIpc) is 2.32. The number of aromatic amines is 1. The number of hydrogen-bond acceptors (Lipinski definition) is 5. The maximum atomic E-state index is 10.7. The molecule has 0 unspecified atom stereocenters. The van der Waals surface area contributed by atoms with Gasteiger partial charge in [-0.2, -0.15) is 4.98 Å². The van der Waals surface area contributed by atoms with Gasteiger partial charge in [-0.3, -0.25) is 10.1 Å². The molecule has 72 valence electrons. The lowest BCUT2D eigenvalue weighted by molar-refractivity contribution is -0.114. The van der Waals surface area contributed by atoms with Crippen molar-refractivity contribution in [2.75, 3.05) is 5.32 Å². The number of carbonyl (C=O) groups is 1. The third-order valence-electron chi connectivity index (χ3n) is 1.02. The molecule has 1 rings (SSSR count). The van der Waals surface area contributed by atoms with E-state index < -0.39 is 21.1 Å². The minimum absolute atomic E-state index is 0.128. The van der Waals surface area contributed by atoms with Crippen LogP contribution in [0.2, 0.25) is 0 Å². The number of rotatable bonds is 2. The zero-order valence-electron chi connectivity index (χ0n) is 6.60. The fourth-order valence-electron chi connectivity index (χ4n) is 0.588. The number of amides is 1. The summed E-state index contributed by atoms with van der Waals surface area (Å²) in [7, 11) is -3.90. The minimum atomic E-state index is -3.90. The molecule has 13 heavy (non-hydrogen) atoms. The van der Waals surface area contributed by atoms with Gasteiger partial charge in [0.15, 0.2) is 0 Å². The summed E-state index contributed by atoms with van der Waals surface area (Å²) in [5.41, 5.74) is 0. The molecule has 1 aromatic rings. The first-order valence-electron chi connectivity index (χ1n) is 3.12. The molecule has 0 bridgehead atoms. The monoisotopic (exact) mass is 205 g/mol. The summed E-state index contributed by atoms with van der Waals surface area (Å²) in [5, 5.41) is 11.9. The van der Waals surface area contributed by atoms with E-state index in [-0.39, 0.29) is 5.95 Å². The summed E-state index contributed by atoms with van der Waals surface area (Å²) in [4.78, 5) is 13.9. The first kappa shape index (κ1) is 9.61. The van der Waals surface area contributed by atoms with Gasteiger partial charge in [-0.05, 0) is 0 Å². The lowest BCUT2D eigenvalue weighted by Gasteiger charge is -1.90. The van der Waals surface area contributed by atoms with Crippen molar-refractivity contribution in [3.05, 3.63) is 0 Å². The van der Waals surface area contributed by atoms with Gasteiger partial charge in [-0.1, -0.05) is 0 Å². The molecule has 0 aromatic carbocycles. The summed E-state index contributed by atoms with van der Waals surface area (Å²) >= 11 is 0. The van der Waals surface area contributed by atoms with Crippen LogP contribution < -0.4 is 10.5 Å². The van der Waals surface area contributed by atoms with E-state index in [4.69, 9.17) is 5.14 Å². The van der Waals surface area contributed by atoms with Crippen molar-refractivity contribution >= 4 is 21.9 Å². The molecule has 0 aliphatic heterocycles. The number of aromatic nitrogens is 3. The van der Waals surface area contributed by atoms with Crippen LogP contribution in [0.4, 0.5) is 5.95 Å². The van der Waals surface area contributed by atoms with E-state index in [0.717, 1.165) is 0 Å². The number of H-pyrrole nitrogens is 1. The summed E-state index contributed by atoms with van der Waals surface area (Å²) in [5.74, 6) is -0.531. The molecule has 8 nitrogen and oxygen atoms in total. The Hall–Kier alpha value is -1.48. The lowest BCUT2D eigenvalue weighted by Crippen LogP contribution is -2.14. The number of nitrogens with zero attached hydrogens (tertiary/aromatic N) is 2. The summed E-state index contributed by atoms with van der Waals surface area (Å²) < 4.78 is 21.3. The molecule has 0 saturated carbocycles. The van der Waals surface area contributed by atoms with Crippen molar-refractivity contribution in [2.24, 2.45) is 5.14 Å². The van der Waals surface area contributed by atoms with E-state index >= 15 is 0 Å². The topological polar surface area (TPSA) is 131 Å². The molecular weight excluding hydrogens is 198 g/mol. The van der Waals surface area contributed by atoms with Crippen LogP contribution in [0.25, 0.3) is 0 Å². The molecule has 4 N–H and O–H groups in total. The second kappa shape index (κ2) is 3.11. The number of sulfonamides is 1. The van der Waals surface area contributed by atoms with Crippen molar-refractivity contribution in [2.45, 2.75) is 12.1 Å². The highest BCUT2D eigenvalue weighted by atomic mass is 32.2. The number of nitrogens with two attached hydrogens (primary N) is 1. The average molecular weight is 205 g/mol. The lowest BCUT2D eigenvalue weighted by atomic mass is 10.7. The maximum absolute atomic E-state index is 10.7. The van der Waals surface area contributed by atoms with Crippen LogP contribution in [-0.2, 0) is 14.8 Å². The van der Waals surface area contributed by atoms with Crippen molar-refractivity contribution in [1.82, 2.24) is 15.2 Å². The number of primary sulfonamides is 1. The highest BCUT2D eigenvalue weighted by Gasteiger charge is 2.13. The van der Waals surface area contributed by atoms with Crippen molar-refractivity contribution in [1.29, 1.82) is 0 Å². The molecule has 1 heterocycles. The van der Waals surface area contributed by atoms with Gasteiger partial charge < -0.3 is 0 Å². The molecule has 0 saturated heterocycles. The van der Waals surface area contributed by atoms with E-state index in [0.29, 0.717) is 0 Å². The standard InChI is InChI=1S/C4H7N5O3S/c1-2(10)6-3-7-4(9-8-3)13(5,11)12/h1H3,(H2,5,11,12)(H2,6,7,8,9,10). The SMILES string of the molecule is CC(=O)Nc1n[nH]c(S(N)(=O)=O)n1. The van der Waals surface area contributed by atoms with Crippen LogP contribution in [0.15, 0.2) is 5.16 Å². The molecule has 0 spiro atoms. The molecule has 0 radical (unpaired) electrons. The Morgan fingerprint density at radius 3 is 2.62 bits per heavy atom. The zero-order valence-corrected chi connectivity index (χ0v) is 7.42. The summed E-state index contributed by atoms with van der Waals surface area (Å²) in [6.07, 6.45) is 0. The van der Waals surface area contributed by atoms with Gasteiger partial charge in [0.1, 0.15) is 0 Å². The quantitative estimate of drug-likeness (QED) is 0.535. The number of nitrogens with one attached hydrogen (secondary N) is 2. The van der Waals surface area contributed by atoms with Crippen LogP contribution >= 0.6 is 0 Å². The van der Waals surface area contributed by atoms with E-state index in [2.05, 4.69) is 20.5 Å². The predicted molar refractivity (Wildman–Crippen MR) is 42.1 cm³/mol. The predicted octanol–water partition coefficient (Wildman–Crippen LogP) is -1.59. The molecule has 0 fully saturated rings. The third kappa shape index (κ3) is 2.49. The van der Waals surface area contributed by atoms with Gasteiger partial charge in [0.25, 0.3) is 15.2 Å². The van der Waals surface area contributed by atoms with Gasteiger partial charge in [-0.15, -0.1) is 5.10 Å². The number of carbonyl (C=O) groups excluding carboxylic acids is 1. The van der Waals surface area contributed by atoms with Gasteiger partial charge in [0.05, 0.1) is 0 Å². The second-order valence-electron chi connectivity index (χ2n) is 2.19. The zero-order chi connectivity index (χ0) is 10.1. The maximum Gasteiger partial charge on any atom is 0.273 e. The first-order valence-corrected chi connectivity index (χ1v) is 4.67. The third-order valence-corrected chi connectivity index (χ3v) is 1.74. The highest BCUT2D eigenvalue weighted by molar-refractivity contribution is 7.89. The largest absolute Gasteiger partial charge is 0.293 e. The normalized spacial score (nSPS) is 11.2. The van der Waals surface area contributed by atoms with Crippen molar-refractivity contribution < 1.29 is 13.2 Å². The summed E-state index contributed by atoms with van der Waals surface area (Å²) in [6.45, 7) is 1.24. The van der Waals surface area contributed by atoms with Crippen LogP contribution in [0.5, 0.6) is 0 Å².